The number of ether oxygens (including phenoxy) is 1. The van der Waals surface area contributed by atoms with Crippen LogP contribution in [0.2, 0.25) is 0 Å². The molecule has 0 radical (unpaired) electrons. The number of carbonyl (C=O) groups excluding carboxylic acids is 2. The van der Waals surface area contributed by atoms with Gasteiger partial charge in [0.2, 0.25) is 0 Å². The molecule has 1 aromatic heterocycles. The average molecular weight is 666 g/mol. The number of rotatable bonds is 7. The lowest BCUT2D eigenvalue weighted by Gasteiger charge is -2.30. The molecule has 2 heterocycles. The topological polar surface area (TPSA) is 46.6 Å². The highest BCUT2D eigenvalue weighted by atomic mass is 32.1. The van der Waals surface area contributed by atoms with Gasteiger partial charge in [-0.15, -0.1) is 17.9 Å². The van der Waals surface area contributed by atoms with Gasteiger partial charge in [0, 0.05) is 22.4 Å². The van der Waals surface area contributed by atoms with E-state index in [2.05, 4.69) is 40.3 Å². The number of nitrogens with zero attached hydrogens (tertiary/aromatic N) is 1. The van der Waals surface area contributed by atoms with Gasteiger partial charge in [-0.05, 0) is 103 Å². The largest absolute Gasteiger partial charge is 0.444 e. The molecule has 1 atom stereocenters. The summed E-state index contributed by atoms with van der Waals surface area (Å²) in [6.45, 7) is 26.2. The summed E-state index contributed by atoms with van der Waals surface area (Å²) in [5.74, 6) is 0.884. The van der Waals surface area contributed by atoms with E-state index in [9.17, 15) is 22.8 Å². The zero-order valence-corrected chi connectivity index (χ0v) is 30.9. The fourth-order valence-corrected chi connectivity index (χ4v) is 5.61. The van der Waals surface area contributed by atoms with Gasteiger partial charge >= 0.3 is 12.3 Å². The molecule has 1 aromatic carbocycles. The van der Waals surface area contributed by atoms with E-state index in [1.807, 2.05) is 40.0 Å². The Labute approximate surface area is 281 Å². The second-order valence-electron chi connectivity index (χ2n) is 12.7. The molecule has 260 valence electrons. The van der Waals surface area contributed by atoms with Crippen LogP contribution >= 0.6 is 11.3 Å². The normalized spacial score (nSPS) is 13.4. The Morgan fingerprint density at radius 2 is 1.70 bits per heavy atom. The molecule has 0 aliphatic carbocycles. The highest BCUT2D eigenvalue weighted by Gasteiger charge is 2.31. The summed E-state index contributed by atoms with van der Waals surface area (Å²) in [4.78, 5) is 26.3. The van der Waals surface area contributed by atoms with Crippen LogP contribution in [0, 0.1) is 12.8 Å². The van der Waals surface area contributed by atoms with Gasteiger partial charge < -0.3 is 9.64 Å². The Hall–Kier alpha value is -2.87. The van der Waals surface area contributed by atoms with Crippen LogP contribution in [0.3, 0.4) is 0 Å². The zero-order chi connectivity index (χ0) is 35.7. The molecule has 1 unspecified atom stereocenters. The molecule has 0 saturated carbocycles. The summed E-state index contributed by atoms with van der Waals surface area (Å²) in [5.41, 5.74) is 3.90. The molecule has 3 rings (SSSR count). The van der Waals surface area contributed by atoms with E-state index in [0.717, 1.165) is 40.3 Å². The van der Waals surface area contributed by atoms with Crippen molar-refractivity contribution in [3.05, 3.63) is 80.6 Å². The summed E-state index contributed by atoms with van der Waals surface area (Å²) < 4.78 is 42.5. The van der Waals surface area contributed by atoms with Crippen LogP contribution in [-0.4, -0.2) is 28.9 Å². The van der Waals surface area contributed by atoms with Gasteiger partial charge in [0.15, 0.2) is 5.78 Å². The number of halogens is 3. The van der Waals surface area contributed by atoms with Crippen LogP contribution in [0.1, 0.15) is 132 Å². The first-order valence-electron chi connectivity index (χ1n) is 16.3. The van der Waals surface area contributed by atoms with E-state index in [-0.39, 0.29) is 11.9 Å². The van der Waals surface area contributed by atoms with Gasteiger partial charge in [-0.3, -0.25) is 4.79 Å². The number of benzene rings is 1. The van der Waals surface area contributed by atoms with Crippen molar-refractivity contribution in [1.29, 1.82) is 0 Å². The van der Waals surface area contributed by atoms with E-state index in [1.165, 1.54) is 31.4 Å². The Kier molecular flexibility index (Phi) is 19.8. The maximum Gasteiger partial charge on any atom is 0.416 e. The Balaban J connectivity index is 0.000000664. The predicted molar refractivity (Wildman–Crippen MR) is 189 cm³/mol. The minimum Gasteiger partial charge on any atom is -0.444 e. The minimum absolute atomic E-state index is 0.100. The third-order valence-corrected chi connectivity index (χ3v) is 8.14. The molecule has 0 spiro atoms. The lowest BCUT2D eigenvalue weighted by molar-refractivity contribution is -0.137. The quantitative estimate of drug-likeness (QED) is 0.218. The molecule has 4 nitrogen and oxygen atoms in total. The summed E-state index contributed by atoms with van der Waals surface area (Å²) in [6.07, 6.45) is 5.69. The number of amides is 1. The number of hydrogen-bond acceptors (Lipinski definition) is 4. The number of aryl methyl sites for hydroxylation is 2. The van der Waals surface area contributed by atoms with Crippen molar-refractivity contribution in [1.82, 2.24) is 4.90 Å². The minimum atomic E-state index is -4.23. The van der Waals surface area contributed by atoms with Crippen molar-refractivity contribution < 1.29 is 27.5 Å². The number of ketones is 1. The molecule has 0 saturated heterocycles. The molecule has 0 fully saturated rings. The third-order valence-electron chi connectivity index (χ3n) is 7.13. The first kappa shape index (κ1) is 43.1. The van der Waals surface area contributed by atoms with Crippen LogP contribution in [-0.2, 0) is 30.3 Å². The van der Waals surface area contributed by atoms with E-state index in [0.29, 0.717) is 25.1 Å². The van der Waals surface area contributed by atoms with E-state index >= 15 is 0 Å². The zero-order valence-electron chi connectivity index (χ0n) is 30.1. The Morgan fingerprint density at radius 3 is 2.17 bits per heavy atom. The van der Waals surface area contributed by atoms with Crippen molar-refractivity contribution in [3.63, 3.8) is 0 Å². The number of unbranched alkanes of at least 4 members (excludes halogenated alkanes) is 1. The molecule has 2 aromatic rings. The molecule has 0 bridgehead atoms. The average Bonchev–Trinajstić information content (AvgIpc) is 3.39. The third kappa shape index (κ3) is 16.6. The van der Waals surface area contributed by atoms with Gasteiger partial charge in [0.25, 0.3) is 0 Å². The first-order valence-corrected chi connectivity index (χ1v) is 17.2. The van der Waals surface area contributed by atoms with Crippen molar-refractivity contribution in [3.8, 4) is 0 Å². The van der Waals surface area contributed by atoms with E-state index < -0.39 is 17.3 Å². The predicted octanol–water partition coefficient (Wildman–Crippen LogP) is 12.2. The Bertz CT molecular complexity index is 1250. The van der Waals surface area contributed by atoms with Gasteiger partial charge in [0.1, 0.15) is 5.60 Å². The monoisotopic (exact) mass is 665 g/mol. The van der Waals surface area contributed by atoms with E-state index in [1.54, 1.807) is 47.8 Å². The van der Waals surface area contributed by atoms with Crippen molar-refractivity contribution in [2.75, 3.05) is 6.54 Å². The number of alkyl halides is 3. The van der Waals surface area contributed by atoms with Crippen molar-refractivity contribution >= 4 is 23.2 Å². The lowest BCUT2D eigenvalue weighted by Crippen LogP contribution is -2.39. The SMILES string of the molecule is C=CC.CC(=O)c1csc2c1CCN(C(=O)OC(C)(C)C)C2.CCC/C=C(/C)C(C)CC.CCCc1cc(C)cc(C(F)(F)F)c1. The van der Waals surface area contributed by atoms with Gasteiger partial charge in [-0.2, -0.15) is 13.2 Å². The number of thiophene rings is 1. The first-order chi connectivity index (χ1) is 21.3. The van der Waals surface area contributed by atoms with Crippen LogP contribution in [0.15, 0.2) is 47.9 Å². The summed E-state index contributed by atoms with van der Waals surface area (Å²) in [5, 5.41) is 1.89. The summed E-state index contributed by atoms with van der Waals surface area (Å²) in [6, 6.07) is 4.22. The molecule has 0 N–H and O–H groups in total. The van der Waals surface area contributed by atoms with Gasteiger partial charge in [0.05, 0.1) is 12.1 Å². The highest BCUT2D eigenvalue weighted by molar-refractivity contribution is 7.10. The second kappa shape index (κ2) is 21.1. The van der Waals surface area contributed by atoms with Gasteiger partial charge in [-0.1, -0.05) is 69.9 Å². The van der Waals surface area contributed by atoms with Crippen LogP contribution in [0.5, 0.6) is 0 Å². The smallest absolute Gasteiger partial charge is 0.416 e. The standard InChI is InChI=1S/C14H19NO3S.C11H13F3.C10H20.C3H6/c1-9(16)11-8-19-12-7-15(6-5-10(11)12)13(17)18-14(2,3)4;1-3-4-9-5-8(2)6-10(7-9)11(12,13)14;1-5-7-8-10(4)9(3)6-2;1-3-2/h8H,5-7H2,1-4H3;5-7H,3-4H2,1-2H3;8-9H,5-7H2,1-4H3;3H,1H2,2H3/b;;10-8-;. The second-order valence-corrected chi connectivity index (χ2v) is 13.6. The fraction of sp³-hybridized carbons (Fsp3) is 0.579. The van der Waals surface area contributed by atoms with Crippen molar-refractivity contribution in [2.45, 2.75) is 133 Å². The molecule has 8 heteroatoms. The Morgan fingerprint density at radius 1 is 1.09 bits per heavy atom. The maximum absolute atomic E-state index is 12.4. The fourth-order valence-electron chi connectivity index (χ4n) is 4.46. The summed E-state index contributed by atoms with van der Waals surface area (Å²) in [7, 11) is 0. The molecule has 1 amide bonds. The number of allylic oxidation sites excluding steroid dienone is 3. The van der Waals surface area contributed by atoms with Crippen molar-refractivity contribution in [2.24, 2.45) is 5.92 Å². The van der Waals surface area contributed by atoms with Crippen LogP contribution in [0.4, 0.5) is 18.0 Å². The summed E-state index contributed by atoms with van der Waals surface area (Å²) >= 11 is 1.55. The molecule has 1 aliphatic rings. The highest BCUT2D eigenvalue weighted by Crippen LogP contribution is 2.31. The number of hydrogen-bond donors (Lipinski definition) is 0. The van der Waals surface area contributed by atoms with Crippen LogP contribution in [0.25, 0.3) is 0 Å². The maximum atomic E-state index is 12.4. The number of Topliss-reactive ketones (excluding diaryl/α,β-unsaturated/α-hetero) is 1. The number of carbonyl (C=O) groups is 2. The lowest BCUT2D eigenvalue weighted by atomic mass is 9.99. The number of fused-ring (bicyclic) bond motifs is 1. The molecule has 46 heavy (non-hydrogen) atoms. The van der Waals surface area contributed by atoms with E-state index in [4.69, 9.17) is 4.74 Å². The van der Waals surface area contributed by atoms with Crippen LogP contribution < -0.4 is 0 Å². The molecular formula is C38H58F3NO3S. The van der Waals surface area contributed by atoms with Gasteiger partial charge in [-0.25, -0.2) is 4.79 Å². The molecule has 1 aliphatic heterocycles. The molecular weight excluding hydrogens is 607 g/mol.